The number of benzene rings is 1. The fourth-order valence-corrected chi connectivity index (χ4v) is 14.5. The van der Waals surface area contributed by atoms with Gasteiger partial charge in [0, 0.05) is 210 Å². The minimum atomic E-state index is -2.71. The minimum Gasteiger partial charge on any atom is -0.338 e. The maximum atomic E-state index is 15.4. The average molecular weight is 1070 g/mol. The number of hydrogen-bond donors (Lipinski definition) is 0. The third-order valence-electron chi connectivity index (χ3n) is 17.3. The van der Waals surface area contributed by atoms with Gasteiger partial charge in [0.05, 0.1) is 0 Å². The van der Waals surface area contributed by atoms with Crippen molar-refractivity contribution in [1.29, 1.82) is 0 Å². The molecule has 6 aliphatic rings. The molecule has 2 aromatic heterocycles. The van der Waals surface area contributed by atoms with E-state index in [1.807, 2.05) is 6.07 Å². The van der Waals surface area contributed by atoms with Crippen molar-refractivity contribution in [2.75, 3.05) is 212 Å². The first-order chi connectivity index (χ1) is 36.0. The van der Waals surface area contributed by atoms with E-state index in [0.29, 0.717) is 12.3 Å². The zero-order valence-electron chi connectivity index (χ0n) is 49.1. The van der Waals surface area contributed by atoms with Crippen molar-refractivity contribution in [2.24, 2.45) is 0 Å². The fourth-order valence-electron chi connectivity index (χ4n) is 11.9. The van der Waals surface area contributed by atoms with Crippen LogP contribution in [0.3, 0.4) is 0 Å². The van der Waals surface area contributed by atoms with Crippen LogP contribution in [0.1, 0.15) is 83.1 Å². The van der Waals surface area contributed by atoms with Gasteiger partial charge in [-0.3, -0.25) is 29.4 Å². The zero-order valence-corrected chi connectivity index (χ0v) is 50.0. The molecule has 0 spiro atoms. The molecule has 0 bridgehead atoms. The maximum Gasteiger partial charge on any atom is 0.232 e. The molecule has 76 heavy (non-hydrogen) atoms. The molecular formula is C56H97N18OP. The molecule has 6 aliphatic heterocycles. The van der Waals surface area contributed by atoms with Gasteiger partial charge in [0.1, 0.15) is 7.14 Å². The van der Waals surface area contributed by atoms with Crippen molar-refractivity contribution in [2.45, 2.75) is 105 Å². The van der Waals surface area contributed by atoms with Crippen LogP contribution in [0.5, 0.6) is 0 Å². The minimum absolute atomic E-state index is 0.138. The lowest BCUT2D eigenvalue weighted by atomic mass is 10.1. The second-order valence-electron chi connectivity index (χ2n) is 26.4. The molecule has 0 amide bonds. The molecule has 8 heterocycles. The summed E-state index contributed by atoms with van der Waals surface area (Å²) < 4.78 is 15.4. The monoisotopic (exact) mass is 1070 g/mol. The summed E-state index contributed by atoms with van der Waals surface area (Å²) in [6.45, 7) is 51.2. The molecule has 422 valence electrons. The number of piperazine rings is 6. The second kappa shape index (κ2) is 23.4. The first-order valence-electron chi connectivity index (χ1n) is 29.1. The third kappa shape index (κ3) is 14.1. The van der Waals surface area contributed by atoms with Gasteiger partial charge in [-0.25, -0.2) is 0 Å². The highest BCUT2D eigenvalue weighted by molar-refractivity contribution is 7.71. The van der Waals surface area contributed by atoms with Gasteiger partial charge >= 0.3 is 0 Å². The Balaban J connectivity index is 0.821. The molecule has 0 N–H and O–H groups in total. The van der Waals surface area contributed by atoms with Crippen molar-refractivity contribution in [3.63, 3.8) is 0 Å². The molecule has 3 aromatic rings. The third-order valence-corrected chi connectivity index (χ3v) is 20.4. The van der Waals surface area contributed by atoms with E-state index < -0.39 is 7.14 Å². The van der Waals surface area contributed by atoms with E-state index in [4.69, 9.17) is 29.9 Å². The van der Waals surface area contributed by atoms with Crippen LogP contribution in [0.15, 0.2) is 30.3 Å². The summed E-state index contributed by atoms with van der Waals surface area (Å²) in [4.78, 5) is 60.6. The Morgan fingerprint density at radius 2 is 0.539 bits per heavy atom. The van der Waals surface area contributed by atoms with Gasteiger partial charge in [-0.05, 0) is 83.1 Å². The molecule has 0 radical (unpaired) electrons. The van der Waals surface area contributed by atoms with Crippen molar-refractivity contribution < 1.29 is 4.57 Å². The van der Waals surface area contributed by atoms with Crippen LogP contribution in [0.4, 0.5) is 35.7 Å². The zero-order chi connectivity index (χ0) is 54.0. The van der Waals surface area contributed by atoms with Gasteiger partial charge < -0.3 is 34.0 Å². The van der Waals surface area contributed by atoms with E-state index in [-0.39, 0.29) is 22.2 Å². The van der Waals surface area contributed by atoms with Gasteiger partial charge in [-0.1, -0.05) is 30.3 Å². The van der Waals surface area contributed by atoms with Crippen LogP contribution in [0, 0.1) is 0 Å². The largest absolute Gasteiger partial charge is 0.338 e. The number of rotatable bonds is 13. The van der Waals surface area contributed by atoms with E-state index in [1.54, 1.807) is 0 Å². The summed E-state index contributed by atoms with van der Waals surface area (Å²) >= 11 is 0. The van der Waals surface area contributed by atoms with Crippen LogP contribution in [0.25, 0.3) is 0 Å². The van der Waals surface area contributed by atoms with Gasteiger partial charge in [-0.2, -0.15) is 29.9 Å². The van der Waals surface area contributed by atoms with Crippen LogP contribution in [0.2, 0.25) is 0 Å². The van der Waals surface area contributed by atoms with Crippen LogP contribution in [-0.4, -0.2) is 264 Å². The van der Waals surface area contributed by atoms with Gasteiger partial charge in [-0.15, -0.1) is 0 Å². The van der Waals surface area contributed by atoms with Gasteiger partial charge in [0.2, 0.25) is 35.7 Å². The van der Waals surface area contributed by atoms with Gasteiger partial charge in [0.25, 0.3) is 0 Å². The van der Waals surface area contributed by atoms with Crippen molar-refractivity contribution in [3.05, 3.63) is 30.3 Å². The average Bonchev–Trinajstić information content (AvgIpc) is 3.42. The Hall–Kier alpha value is -3.97. The summed E-state index contributed by atoms with van der Waals surface area (Å²) in [7, 11) is -2.71. The fraction of sp³-hybridized carbons (Fsp3) is 0.786. The molecule has 1 aromatic carbocycles. The van der Waals surface area contributed by atoms with Crippen LogP contribution >= 0.6 is 7.14 Å². The molecule has 0 saturated carbocycles. The summed E-state index contributed by atoms with van der Waals surface area (Å²) in [5, 5.41) is 1.00. The van der Waals surface area contributed by atoms with E-state index in [1.165, 1.54) is 0 Å². The lowest BCUT2D eigenvalue weighted by Gasteiger charge is -2.43. The van der Waals surface area contributed by atoms with Crippen molar-refractivity contribution in [3.8, 4) is 0 Å². The quantitative estimate of drug-likeness (QED) is 0.224. The van der Waals surface area contributed by atoms with Crippen LogP contribution < -0.4 is 34.7 Å². The smallest absolute Gasteiger partial charge is 0.232 e. The summed E-state index contributed by atoms with van der Waals surface area (Å²) in [6, 6.07) is 10.3. The molecule has 9 rings (SSSR count). The highest BCUT2D eigenvalue weighted by Crippen LogP contribution is 2.44. The maximum absolute atomic E-state index is 15.4. The number of nitrogens with zero attached hydrogens (tertiary/aromatic N) is 18. The molecule has 6 fully saturated rings. The highest BCUT2D eigenvalue weighted by atomic mass is 31.2. The molecule has 0 atom stereocenters. The second-order valence-corrected chi connectivity index (χ2v) is 29.6. The van der Waals surface area contributed by atoms with E-state index in [2.05, 4.69) is 166 Å². The Morgan fingerprint density at radius 3 is 0.750 bits per heavy atom. The predicted molar refractivity (Wildman–Crippen MR) is 315 cm³/mol. The summed E-state index contributed by atoms with van der Waals surface area (Å²) in [6.07, 6.45) is 1.34. The normalized spacial score (nSPS) is 21.8. The highest BCUT2D eigenvalue weighted by Gasteiger charge is 2.35. The first-order valence-corrected chi connectivity index (χ1v) is 31.2. The number of aromatic nitrogens is 6. The molecule has 0 unspecified atom stereocenters. The van der Waals surface area contributed by atoms with Crippen molar-refractivity contribution >= 4 is 48.1 Å². The topological polar surface area (TPSA) is 133 Å². The molecular weight excluding hydrogens is 972 g/mol. The summed E-state index contributed by atoms with van der Waals surface area (Å²) in [5.74, 6) is 4.77. The van der Waals surface area contributed by atoms with Crippen molar-refractivity contribution in [1.82, 2.24) is 59.3 Å². The molecule has 19 nitrogen and oxygen atoms in total. The lowest BCUT2D eigenvalue weighted by molar-refractivity contribution is 0.127. The summed E-state index contributed by atoms with van der Waals surface area (Å²) in [5.41, 5.74) is 0.551. The SMILES string of the molecule is CC(C)(C)N1CCN(c2nc(N3CCN(CCP(=O)(CCN4CCN(c5nc(N6CCN(C(C)(C)C)CC6)nc(N6CCN(C(C)(C)C)CC6)n5)CC4)c4ccccc4)CC3)nc(N3CCN(C(C)(C)C)CC3)n2)CC1. The van der Waals surface area contributed by atoms with Gasteiger partial charge in [0.15, 0.2) is 0 Å². The Bertz CT molecular complexity index is 2120. The van der Waals surface area contributed by atoms with E-state index >= 15 is 4.57 Å². The number of anilines is 6. The standard InChI is InChI=1S/C56H97N18OP/c1-53(2,3)71-34-26-67(27-35-71)49-57-47(58-50(61-49)68-28-36-72(37-29-68)54(4,5)6)65-22-18-63(19-23-65)42-44-76(75,46-16-14-13-15-17-46)45-43-64-20-24-66(25-21-64)48-59-51(69-30-38-73(39-31-69)55(7,8)9)62-52(60-48)70-32-40-74(41-33-70)56(10,11)12/h13-17H,18-45H2,1-12H3. The van der Waals surface area contributed by atoms with E-state index in [9.17, 15) is 0 Å². The molecule has 6 saturated heterocycles. The Kier molecular flexibility index (Phi) is 17.5. The van der Waals surface area contributed by atoms with E-state index in [0.717, 1.165) is 211 Å². The first kappa shape index (κ1) is 56.7. The Morgan fingerprint density at radius 1 is 0.329 bits per heavy atom. The Labute approximate surface area is 457 Å². The predicted octanol–water partition coefficient (Wildman–Crippen LogP) is 4.37. The lowest BCUT2D eigenvalue weighted by Crippen LogP contribution is -2.54. The molecule has 20 heteroatoms. The van der Waals surface area contributed by atoms with Crippen LogP contribution in [-0.2, 0) is 4.57 Å². The number of hydrogen-bond acceptors (Lipinski definition) is 19. The molecule has 0 aliphatic carbocycles.